The third-order valence-electron chi connectivity index (χ3n) is 3.91. The summed E-state index contributed by atoms with van der Waals surface area (Å²) in [6.07, 6.45) is 1.21. The summed E-state index contributed by atoms with van der Waals surface area (Å²) >= 11 is 0. The molecule has 0 aliphatic rings. The highest BCUT2D eigenvalue weighted by Gasteiger charge is 2.21. The van der Waals surface area contributed by atoms with E-state index >= 15 is 0 Å². The van der Waals surface area contributed by atoms with Crippen LogP contribution >= 0.6 is 0 Å². The van der Waals surface area contributed by atoms with Gasteiger partial charge in [-0.15, -0.1) is 0 Å². The Balaban J connectivity index is 1.80. The lowest BCUT2D eigenvalue weighted by atomic mass is 9.99. The van der Waals surface area contributed by atoms with E-state index in [1.165, 1.54) is 18.0 Å². The van der Waals surface area contributed by atoms with E-state index in [0.29, 0.717) is 17.9 Å². The van der Waals surface area contributed by atoms with Crippen LogP contribution in [-0.4, -0.2) is 16.7 Å². The van der Waals surface area contributed by atoms with E-state index in [1.54, 1.807) is 0 Å². The highest BCUT2D eigenvalue weighted by molar-refractivity contribution is 5.26. The first-order valence-electron chi connectivity index (χ1n) is 7.64. The molecule has 0 unspecified atom stereocenters. The Hall–Kier alpha value is -2.60. The Morgan fingerprint density at radius 3 is 2.50 bits per heavy atom. The molecular weight excluding hydrogens is 312 g/mol. The molecule has 3 rings (SSSR count). The molecule has 24 heavy (non-hydrogen) atoms. The first-order chi connectivity index (χ1) is 11.6. The van der Waals surface area contributed by atoms with Gasteiger partial charge in [0, 0.05) is 6.54 Å². The quantitative estimate of drug-likeness (QED) is 0.747. The molecule has 124 valence electrons. The maximum Gasteiger partial charge on any atom is 0.213 e. The van der Waals surface area contributed by atoms with Crippen LogP contribution in [0.2, 0.25) is 0 Å². The highest BCUT2D eigenvalue weighted by Crippen LogP contribution is 2.23. The normalized spacial score (nSPS) is 13.6. The van der Waals surface area contributed by atoms with Crippen LogP contribution < -0.4 is 5.32 Å². The maximum atomic E-state index is 13.6. The largest absolute Gasteiger partial charge is 0.343 e. The Bertz CT molecular complexity index is 778. The third kappa shape index (κ3) is 3.65. The van der Waals surface area contributed by atoms with E-state index in [1.807, 2.05) is 30.3 Å². The molecule has 1 aromatic heterocycles. The van der Waals surface area contributed by atoms with E-state index in [9.17, 15) is 8.78 Å². The molecule has 0 amide bonds. The molecule has 2 aromatic carbocycles. The molecule has 0 spiro atoms. The second-order valence-electron chi connectivity index (χ2n) is 5.62. The zero-order valence-corrected chi connectivity index (χ0v) is 13.1. The summed E-state index contributed by atoms with van der Waals surface area (Å²) in [6, 6.07) is 13.3. The van der Waals surface area contributed by atoms with Crippen LogP contribution in [0.4, 0.5) is 8.78 Å². The molecule has 0 radical (unpaired) electrons. The lowest BCUT2D eigenvalue weighted by Crippen LogP contribution is -2.27. The van der Waals surface area contributed by atoms with E-state index < -0.39 is 17.7 Å². The van der Waals surface area contributed by atoms with Crippen LogP contribution in [0.15, 0.2) is 59.4 Å². The van der Waals surface area contributed by atoms with Gasteiger partial charge in [0.1, 0.15) is 0 Å². The van der Waals surface area contributed by atoms with Crippen LogP contribution in [-0.2, 0) is 0 Å². The Morgan fingerprint density at radius 2 is 1.83 bits per heavy atom. The summed E-state index contributed by atoms with van der Waals surface area (Å²) in [5.41, 5.74) is 1.72. The molecule has 0 saturated carbocycles. The standard InChI is InChI=1S/C18H17F2N3O/c1-12(13-5-3-2-4-6-13)10-21-17(18-22-11-24-23-18)14-7-8-15(19)16(20)9-14/h2-9,11-12,17,21H,10H2,1H3/t12-,17-/m0/s1. The molecule has 0 aliphatic heterocycles. The summed E-state index contributed by atoms with van der Waals surface area (Å²) < 4.78 is 31.6. The molecule has 0 aliphatic carbocycles. The predicted octanol–water partition coefficient (Wildman–Crippen LogP) is 3.83. The molecule has 2 atom stereocenters. The summed E-state index contributed by atoms with van der Waals surface area (Å²) in [7, 11) is 0. The van der Waals surface area contributed by atoms with Gasteiger partial charge in [-0.25, -0.2) is 8.78 Å². The zero-order valence-electron chi connectivity index (χ0n) is 13.1. The van der Waals surface area contributed by atoms with Gasteiger partial charge in [0.25, 0.3) is 0 Å². The van der Waals surface area contributed by atoms with Gasteiger partial charge >= 0.3 is 0 Å². The van der Waals surface area contributed by atoms with Crippen LogP contribution in [0.25, 0.3) is 0 Å². The molecule has 1 N–H and O–H groups in total. The number of hydrogen-bond donors (Lipinski definition) is 1. The smallest absolute Gasteiger partial charge is 0.213 e. The Kier molecular flexibility index (Phi) is 4.96. The van der Waals surface area contributed by atoms with E-state index in [0.717, 1.165) is 12.1 Å². The number of hydrogen-bond acceptors (Lipinski definition) is 4. The monoisotopic (exact) mass is 329 g/mol. The molecule has 0 bridgehead atoms. The van der Waals surface area contributed by atoms with Crippen molar-refractivity contribution in [2.75, 3.05) is 6.54 Å². The summed E-state index contributed by atoms with van der Waals surface area (Å²) in [6.45, 7) is 2.70. The van der Waals surface area contributed by atoms with E-state index in [2.05, 4.69) is 22.4 Å². The van der Waals surface area contributed by atoms with Crippen LogP contribution in [0.3, 0.4) is 0 Å². The number of rotatable bonds is 6. The van der Waals surface area contributed by atoms with Gasteiger partial charge in [0.15, 0.2) is 17.5 Å². The van der Waals surface area contributed by atoms with Gasteiger partial charge in [0.05, 0.1) is 6.04 Å². The average Bonchev–Trinajstić information content (AvgIpc) is 3.13. The van der Waals surface area contributed by atoms with Crippen molar-refractivity contribution >= 4 is 0 Å². The van der Waals surface area contributed by atoms with Gasteiger partial charge < -0.3 is 9.84 Å². The average molecular weight is 329 g/mol. The van der Waals surface area contributed by atoms with Crippen molar-refractivity contribution in [1.29, 1.82) is 0 Å². The topological polar surface area (TPSA) is 51.0 Å². The minimum Gasteiger partial charge on any atom is -0.343 e. The van der Waals surface area contributed by atoms with Crippen molar-refractivity contribution in [3.8, 4) is 0 Å². The van der Waals surface area contributed by atoms with Crippen molar-refractivity contribution < 1.29 is 13.3 Å². The summed E-state index contributed by atoms with van der Waals surface area (Å²) in [5, 5.41) is 7.14. The number of benzene rings is 2. The fourth-order valence-electron chi connectivity index (χ4n) is 2.55. The highest BCUT2D eigenvalue weighted by atomic mass is 19.2. The lowest BCUT2D eigenvalue weighted by molar-refractivity contribution is 0.400. The minimum atomic E-state index is -0.904. The maximum absolute atomic E-state index is 13.6. The molecule has 0 saturated heterocycles. The van der Waals surface area contributed by atoms with Gasteiger partial charge in [-0.2, -0.15) is 4.98 Å². The second-order valence-corrected chi connectivity index (χ2v) is 5.62. The Morgan fingerprint density at radius 1 is 1.04 bits per heavy atom. The minimum absolute atomic E-state index is 0.228. The van der Waals surface area contributed by atoms with Crippen molar-refractivity contribution in [1.82, 2.24) is 15.5 Å². The lowest BCUT2D eigenvalue weighted by Gasteiger charge is -2.19. The van der Waals surface area contributed by atoms with E-state index in [-0.39, 0.29) is 5.92 Å². The van der Waals surface area contributed by atoms with Crippen LogP contribution in [0, 0.1) is 11.6 Å². The predicted molar refractivity (Wildman–Crippen MR) is 85.4 cm³/mol. The van der Waals surface area contributed by atoms with Gasteiger partial charge in [-0.3, -0.25) is 0 Å². The Labute approximate surface area is 138 Å². The number of halogens is 2. The number of nitrogens with zero attached hydrogens (tertiary/aromatic N) is 2. The van der Waals surface area contributed by atoms with Gasteiger partial charge in [0.2, 0.25) is 6.39 Å². The number of aromatic nitrogens is 2. The third-order valence-corrected chi connectivity index (χ3v) is 3.91. The molecule has 3 aromatic rings. The van der Waals surface area contributed by atoms with Crippen LogP contribution in [0.5, 0.6) is 0 Å². The molecule has 4 nitrogen and oxygen atoms in total. The first kappa shape index (κ1) is 16.3. The van der Waals surface area contributed by atoms with Gasteiger partial charge in [-0.1, -0.05) is 48.5 Å². The van der Waals surface area contributed by atoms with Crippen molar-refractivity contribution in [3.63, 3.8) is 0 Å². The second kappa shape index (κ2) is 7.31. The molecule has 6 heteroatoms. The summed E-state index contributed by atoms with van der Waals surface area (Å²) in [4.78, 5) is 4.04. The fraction of sp³-hybridized carbons (Fsp3) is 0.222. The number of nitrogens with one attached hydrogen (secondary N) is 1. The molecule has 0 fully saturated rings. The zero-order chi connectivity index (χ0) is 16.9. The van der Waals surface area contributed by atoms with E-state index in [4.69, 9.17) is 4.52 Å². The van der Waals surface area contributed by atoms with Crippen molar-refractivity contribution in [3.05, 3.63) is 83.5 Å². The summed E-state index contributed by atoms with van der Waals surface area (Å²) in [5.74, 6) is -1.19. The SMILES string of the molecule is C[C@@H](CN[C@@H](c1ccc(F)c(F)c1)c1ncon1)c1ccccc1. The van der Waals surface area contributed by atoms with Crippen LogP contribution in [0.1, 0.15) is 35.8 Å². The van der Waals surface area contributed by atoms with Crippen molar-refractivity contribution in [2.24, 2.45) is 0 Å². The van der Waals surface area contributed by atoms with Crippen molar-refractivity contribution in [2.45, 2.75) is 18.9 Å². The van der Waals surface area contributed by atoms with Gasteiger partial charge in [-0.05, 0) is 29.2 Å². The fourth-order valence-corrected chi connectivity index (χ4v) is 2.55. The molecule has 1 heterocycles. The first-order valence-corrected chi connectivity index (χ1v) is 7.64. The molecular formula is C18H17F2N3O.